The molecule has 1 aliphatic rings. The molecule has 0 aromatic heterocycles. The molecule has 1 nitrogen and oxygen atoms in total. The summed E-state index contributed by atoms with van der Waals surface area (Å²) in [6.07, 6.45) is 2.39. The Balaban J connectivity index is 2.29. The predicted octanol–water partition coefficient (Wildman–Crippen LogP) is 4.19. The topological polar surface area (TPSA) is 3.24 Å². The van der Waals surface area contributed by atoms with Crippen molar-refractivity contribution >= 4 is 17.3 Å². The maximum absolute atomic E-state index is 13.5. The summed E-state index contributed by atoms with van der Waals surface area (Å²) in [4.78, 5) is 2.32. The summed E-state index contributed by atoms with van der Waals surface area (Å²) in [7, 11) is 0. The van der Waals surface area contributed by atoms with Gasteiger partial charge >= 0.3 is 0 Å². The monoisotopic (exact) mass is 255 g/mol. The van der Waals surface area contributed by atoms with E-state index in [0.29, 0.717) is 17.8 Å². The van der Waals surface area contributed by atoms with Crippen LogP contribution in [0.5, 0.6) is 0 Å². The van der Waals surface area contributed by atoms with E-state index < -0.39 is 0 Å². The summed E-state index contributed by atoms with van der Waals surface area (Å²) in [5, 5.41) is 0. The highest BCUT2D eigenvalue weighted by Gasteiger charge is 2.27. The van der Waals surface area contributed by atoms with Crippen molar-refractivity contribution in [1.82, 2.24) is 0 Å². The standard InChI is InChI=1S/C14H19ClFN/c1-10(2)14-4-3-5-17(14)13-7-11(9-15)6-12(16)8-13/h6-8,10,14H,3-5,9H2,1-2H3. The Morgan fingerprint density at radius 3 is 2.82 bits per heavy atom. The van der Waals surface area contributed by atoms with Crippen molar-refractivity contribution in [3.8, 4) is 0 Å². The quantitative estimate of drug-likeness (QED) is 0.732. The highest BCUT2D eigenvalue weighted by Crippen LogP contribution is 2.31. The smallest absolute Gasteiger partial charge is 0.125 e. The molecule has 1 unspecified atom stereocenters. The van der Waals surface area contributed by atoms with Gasteiger partial charge in [-0.2, -0.15) is 0 Å². The summed E-state index contributed by atoms with van der Waals surface area (Å²) < 4.78 is 13.5. The maximum Gasteiger partial charge on any atom is 0.125 e. The number of alkyl halides is 1. The van der Waals surface area contributed by atoms with Gasteiger partial charge in [-0.25, -0.2) is 4.39 Å². The summed E-state index contributed by atoms with van der Waals surface area (Å²) >= 11 is 5.79. The largest absolute Gasteiger partial charge is 0.368 e. The SMILES string of the molecule is CC(C)C1CCCN1c1cc(F)cc(CCl)c1. The van der Waals surface area contributed by atoms with Crippen LogP contribution in [0.4, 0.5) is 10.1 Å². The summed E-state index contributed by atoms with van der Waals surface area (Å²) in [6, 6.07) is 5.67. The molecule has 1 aromatic carbocycles. The van der Waals surface area contributed by atoms with Crippen LogP contribution < -0.4 is 4.90 Å². The lowest BCUT2D eigenvalue weighted by Gasteiger charge is -2.30. The summed E-state index contributed by atoms with van der Waals surface area (Å²) in [5.41, 5.74) is 1.84. The van der Waals surface area contributed by atoms with E-state index in [9.17, 15) is 4.39 Å². The number of halogens is 2. The molecule has 1 aliphatic heterocycles. The zero-order chi connectivity index (χ0) is 12.4. The number of hydrogen-bond donors (Lipinski definition) is 0. The third kappa shape index (κ3) is 2.74. The van der Waals surface area contributed by atoms with Gasteiger partial charge in [0.25, 0.3) is 0 Å². The number of nitrogens with zero attached hydrogens (tertiary/aromatic N) is 1. The van der Waals surface area contributed by atoms with Gasteiger partial charge in [-0.15, -0.1) is 11.6 Å². The Labute approximate surface area is 108 Å². The van der Waals surface area contributed by atoms with Crippen molar-refractivity contribution in [2.24, 2.45) is 5.92 Å². The molecule has 0 bridgehead atoms. The fourth-order valence-electron chi connectivity index (χ4n) is 2.68. The van der Waals surface area contributed by atoms with Crippen molar-refractivity contribution in [1.29, 1.82) is 0 Å². The van der Waals surface area contributed by atoms with E-state index in [1.165, 1.54) is 18.9 Å². The third-order valence-electron chi connectivity index (χ3n) is 3.50. The molecule has 0 radical (unpaired) electrons. The zero-order valence-corrected chi connectivity index (χ0v) is 11.2. The molecule has 1 atom stereocenters. The Morgan fingerprint density at radius 2 is 2.18 bits per heavy atom. The normalized spacial score (nSPS) is 20.3. The molecule has 17 heavy (non-hydrogen) atoms. The highest BCUT2D eigenvalue weighted by molar-refractivity contribution is 6.17. The van der Waals surface area contributed by atoms with E-state index in [2.05, 4.69) is 18.7 Å². The van der Waals surface area contributed by atoms with Crippen molar-refractivity contribution < 1.29 is 4.39 Å². The van der Waals surface area contributed by atoms with Crippen LogP contribution in [0.25, 0.3) is 0 Å². The van der Waals surface area contributed by atoms with Gasteiger partial charge in [-0.1, -0.05) is 13.8 Å². The molecule has 0 spiro atoms. The summed E-state index contributed by atoms with van der Waals surface area (Å²) in [6.45, 7) is 5.48. The molecule has 1 heterocycles. The summed E-state index contributed by atoms with van der Waals surface area (Å²) in [5.74, 6) is 0.776. The first kappa shape index (κ1) is 12.7. The first-order valence-electron chi connectivity index (χ1n) is 6.24. The van der Waals surface area contributed by atoms with Crippen LogP contribution >= 0.6 is 11.6 Å². The third-order valence-corrected chi connectivity index (χ3v) is 3.81. The van der Waals surface area contributed by atoms with Gasteiger partial charge in [0.2, 0.25) is 0 Å². The van der Waals surface area contributed by atoms with Crippen molar-refractivity contribution in [3.05, 3.63) is 29.6 Å². The average Bonchev–Trinajstić information content (AvgIpc) is 2.77. The lowest BCUT2D eigenvalue weighted by molar-refractivity contribution is 0.491. The van der Waals surface area contributed by atoms with Crippen LogP contribution in [0.15, 0.2) is 18.2 Å². The number of anilines is 1. The minimum absolute atomic E-state index is 0.187. The van der Waals surface area contributed by atoms with Crippen molar-refractivity contribution in [3.63, 3.8) is 0 Å². The lowest BCUT2D eigenvalue weighted by atomic mass is 10.0. The molecular weight excluding hydrogens is 237 g/mol. The van der Waals surface area contributed by atoms with E-state index in [4.69, 9.17) is 11.6 Å². The Hall–Kier alpha value is -0.760. The van der Waals surface area contributed by atoms with Gasteiger partial charge in [0.15, 0.2) is 0 Å². The van der Waals surface area contributed by atoms with E-state index in [0.717, 1.165) is 17.8 Å². The Morgan fingerprint density at radius 1 is 1.41 bits per heavy atom. The van der Waals surface area contributed by atoms with Gasteiger partial charge < -0.3 is 4.90 Å². The highest BCUT2D eigenvalue weighted by atomic mass is 35.5. The predicted molar refractivity (Wildman–Crippen MR) is 71.2 cm³/mol. The fourth-order valence-corrected chi connectivity index (χ4v) is 2.84. The molecule has 1 fully saturated rings. The van der Waals surface area contributed by atoms with Crippen molar-refractivity contribution in [2.75, 3.05) is 11.4 Å². The van der Waals surface area contributed by atoms with E-state index in [1.54, 1.807) is 6.07 Å². The fraction of sp³-hybridized carbons (Fsp3) is 0.571. The molecule has 1 saturated heterocycles. The van der Waals surface area contributed by atoms with E-state index in [-0.39, 0.29) is 5.82 Å². The van der Waals surface area contributed by atoms with Crippen LogP contribution in [-0.4, -0.2) is 12.6 Å². The zero-order valence-electron chi connectivity index (χ0n) is 10.4. The Bertz CT molecular complexity index is 392. The second-order valence-electron chi connectivity index (χ2n) is 5.10. The second-order valence-corrected chi connectivity index (χ2v) is 5.37. The number of rotatable bonds is 3. The number of hydrogen-bond acceptors (Lipinski definition) is 1. The first-order chi connectivity index (χ1) is 8.11. The van der Waals surface area contributed by atoms with Gasteiger partial charge in [0.1, 0.15) is 5.82 Å². The second kappa shape index (κ2) is 5.26. The molecule has 3 heteroatoms. The lowest BCUT2D eigenvalue weighted by Crippen LogP contribution is -2.33. The Kier molecular flexibility index (Phi) is 3.93. The number of benzene rings is 1. The van der Waals surface area contributed by atoms with Crippen LogP contribution in [-0.2, 0) is 5.88 Å². The van der Waals surface area contributed by atoms with Crippen LogP contribution in [0.2, 0.25) is 0 Å². The van der Waals surface area contributed by atoms with Gasteiger partial charge in [-0.05, 0) is 42.5 Å². The molecule has 94 valence electrons. The molecule has 1 aromatic rings. The van der Waals surface area contributed by atoms with Crippen molar-refractivity contribution in [2.45, 2.75) is 38.6 Å². The van der Waals surface area contributed by atoms with E-state index in [1.807, 2.05) is 6.07 Å². The molecule has 0 amide bonds. The minimum atomic E-state index is -0.187. The van der Waals surface area contributed by atoms with Crippen LogP contribution in [0.1, 0.15) is 32.3 Å². The molecule has 0 saturated carbocycles. The van der Waals surface area contributed by atoms with Crippen LogP contribution in [0.3, 0.4) is 0 Å². The van der Waals surface area contributed by atoms with E-state index >= 15 is 0 Å². The van der Waals surface area contributed by atoms with Crippen LogP contribution in [0, 0.1) is 11.7 Å². The molecule has 0 aliphatic carbocycles. The average molecular weight is 256 g/mol. The van der Waals surface area contributed by atoms with Gasteiger partial charge in [-0.3, -0.25) is 0 Å². The minimum Gasteiger partial charge on any atom is -0.368 e. The van der Waals surface area contributed by atoms with Gasteiger partial charge in [0, 0.05) is 24.2 Å². The molecular formula is C14H19ClFN. The molecule has 2 rings (SSSR count). The first-order valence-corrected chi connectivity index (χ1v) is 6.77. The van der Waals surface area contributed by atoms with Gasteiger partial charge in [0.05, 0.1) is 0 Å². The maximum atomic E-state index is 13.5. The molecule has 0 N–H and O–H groups in total.